The van der Waals surface area contributed by atoms with E-state index in [1.807, 2.05) is 49.4 Å². The first-order chi connectivity index (χ1) is 20.4. The van der Waals surface area contributed by atoms with E-state index in [1.54, 1.807) is 24.2 Å². The Morgan fingerprint density at radius 2 is 1.74 bits per heavy atom. The second kappa shape index (κ2) is 12.1. The number of pyridine rings is 1. The fraction of sp³-hybridized carbons (Fsp3) is 0.333. The van der Waals surface area contributed by atoms with Gasteiger partial charge in [0.25, 0.3) is 17.4 Å². The van der Waals surface area contributed by atoms with Gasteiger partial charge in [-0.1, -0.05) is 56.4 Å². The fourth-order valence-electron chi connectivity index (χ4n) is 5.12. The van der Waals surface area contributed by atoms with E-state index in [2.05, 4.69) is 36.4 Å². The summed E-state index contributed by atoms with van der Waals surface area (Å²) in [5, 5.41) is 16.3. The number of hydrogen-bond donors (Lipinski definition) is 3. The number of carbonyl (C=O) groups is 2. The van der Waals surface area contributed by atoms with Crippen LogP contribution in [-0.4, -0.2) is 50.6 Å². The number of piperidine rings is 1. The Morgan fingerprint density at radius 3 is 2.42 bits per heavy atom. The standard InChI is InChI=1S/C33H37N5O4S/c1-20-25(7-6-8-26(20)35-29(40)21-9-11-23(12-10-21)33(2,3)4)22-17-27(30(41)37(5)19-22)36-32-34-18-28(43-32)31(42)38-15-13-24(39)14-16-38/h6-12,17-19,24,39H,13-16H2,1-5H3,(H,34,36)(H,35,40). The number of aromatic nitrogens is 2. The molecule has 2 amide bonds. The smallest absolute Gasteiger partial charge is 0.274 e. The lowest BCUT2D eigenvalue weighted by Crippen LogP contribution is -2.39. The predicted octanol–water partition coefficient (Wildman–Crippen LogP) is 5.71. The van der Waals surface area contributed by atoms with Gasteiger partial charge in [-0.05, 0) is 66.1 Å². The Morgan fingerprint density at radius 1 is 1.05 bits per heavy atom. The maximum absolute atomic E-state index is 13.1. The number of carbonyl (C=O) groups excluding carboxylic acids is 2. The molecule has 4 aromatic rings. The molecular weight excluding hydrogens is 562 g/mol. The summed E-state index contributed by atoms with van der Waals surface area (Å²) in [7, 11) is 1.68. The molecule has 9 nitrogen and oxygen atoms in total. The van der Waals surface area contributed by atoms with Crippen molar-refractivity contribution in [3.63, 3.8) is 0 Å². The SMILES string of the molecule is Cc1c(NC(=O)c2ccc(C(C)(C)C)cc2)cccc1-c1cc(Nc2ncc(C(=O)N3CCC(O)CC3)s2)c(=O)n(C)c1. The van der Waals surface area contributed by atoms with E-state index in [0.717, 1.165) is 22.3 Å². The third kappa shape index (κ3) is 6.71. The number of rotatable bonds is 6. The van der Waals surface area contributed by atoms with Crippen LogP contribution in [0.25, 0.3) is 11.1 Å². The van der Waals surface area contributed by atoms with Crippen LogP contribution in [0.15, 0.2) is 65.7 Å². The van der Waals surface area contributed by atoms with Crippen molar-refractivity contribution in [3.05, 3.63) is 92.8 Å². The van der Waals surface area contributed by atoms with Crippen molar-refractivity contribution in [2.24, 2.45) is 7.05 Å². The second-order valence-corrected chi connectivity index (χ2v) is 13.0. The van der Waals surface area contributed by atoms with Gasteiger partial charge in [0.05, 0.1) is 12.3 Å². The van der Waals surface area contributed by atoms with Crippen LogP contribution in [0.2, 0.25) is 0 Å². The predicted molar refractivity (Wildman–Crippen MR) is 171 cm³/mol. The summed E-state index contributed by atoms with van der Waals surface area (Å²) < 4.78 is 1.50. The van der Waals surface area contributed by atoms with Gasteiger partial charge in [0.15, 0.2) is 5.13 Å². The van der Waals surface area contributed by atoms with E-state index in [9.17, 15) is 19.5 Å². The summed E-state index contributed by atoms with van der Waals surface area (Å²) in [6.07, 6.45) is 4.04. The molecule has 3 heterocycles. The zero-order chi connectivity index (χ0) is 30.9. The molecule has 0 spiro atoms. The minimum absolute atomic E-state index is 0.00106. The number of aliphatic hydroxyl groups is 1. The van der Waals surface area contributed by atoms with Gasteiger partial charge in [0.1, 0.15) is 10.6 Å². The van der Waals surface area contributed by atoms with Gasteiger partial charge in [-0.3, -0.25) is 14.4 Å². The quantitative estimate of drug-likeness (QED) is 0.262. The molecule has 0 unspecified atom stereocenters. The molecule has 3 N–H and O–H groups in total. The highest BCUT2D eigenvalue weighted by Gasteiger charge is 2.24. The Kier molecular flexibility index (Phi) is 8.52. The van der Waals surface area contributed by atoms with Gasteiger partial charge in [-0.25, -0.2) is 4.98 Å². The number of thiazole rings is 1. The molecule has 1 aliphatic heterocycles. The average molecular weight is 600 g/mol. The second-order valence-electron chi connectivity index (χ2n) is 12.0. The lowest BCUT2D eigenvalue weighted by Gasteiger charge is -2.29. The normalized spacial score (nSPS) is 14.0. The van der Waals surface area contributed by atoms with Gasteiger partial charge in [0, 0.05) is 43.1 Å². The van der Waals surface area contributed by atoms with Crippen LogP contribution in [0, 0.1) is 6.92 Å². The van der Waals surface area contributed by atoms with Crippen LogP contribution in [0.1, 0.15) is 64.8 Å². The Bertz CT molecular complexity index is 1710. The maximum atomic E-state index is 13.1. The largest absolute Gasteiger partial charge is 0.393 e. The monoisotopic (exact) mass is 599 g/mol. The first-order valence-corrected chi connectivity index (χ1v) is 15.1. The molecule has 224 valence electrons. The number of amides is 2. The highest BCUT2D eigenvalue weighted by atomic mass is 32.1. The van der Waals surface area contributed by atoms with Crippen LogP contribution in [0.3, 0.4) is 0 Å². The molecule has 43 heavy (non-hydrogen) atoms. The molecule has 1 aliphatic rings. The first kappa shape index (κ1) is 30.2. The minimum atomic E-state index is -0.363. The topological polar surface area (TPSA) is 117 Å². The van der Waals surface area contributed by atoms with E-state index < -0.39 is 0 Å². The van der Waals surface area contributed by atoms with Crippen molar-refractivity contribution in [2.75, 3.05) is 23.7 Å². The molecule has 10 heteroatoms. The molecule has 0 atom stereocenters. The number of anilines is 3. The molecule has 2 aromatic carbocycles. The van der Waals surface area contributed by atoms with Gasteiger partial charge in [-0.15, -0.1) is 0 Å². The van der Waals surface area contributed by atoms with E-state index in [0.29, 0.717) is 52.9 Å². The number of nitrogens with zero attached hydrogens (tertiary/aromatic N) is 3. The van der Waals surface area contributed by atoms with Crippen molar-refractivity contribution in [1.82, 2.24) is 14.5 Å². The number of likely N-dealkylation sites (tertiary alicyclic amines) is 1. The molecule has 0 saturated carbocycles. The summed E-state index contributed by atoms with van der Waals surface area (Å²) >= 11 is 1.19. The van der Waals surface area contributed by atoms with Crippen LogP contribution < -0.4 is 16.2 Å². The van der Waals surface area contributed by atoms with E-state index in [-0.39, 0.29) is 28.9 Å². The number of aryl methyl sites for hydroxylation is 1. The highest BCUT2D eigenvalue weighted by Crippen LogP contribution is 2.31. The average Bonchev–Trinajstić information content (AvgIpc) is 3.44. The molecule has 1 saturated heterocycles. The summed E-state index contributed by atoms with van der Waals surface area (Å²) in [6.45, 7) is 9.35. The number of benzene rings is 2. The molecule has 0 bridgehead atoms. The van der Waals surface area contributed by atoms with Crippen LogP contribution >= 0.6 is 11.3 Å². The van der Waals surface area contributed by atoms with E-state index in [1.165, 1.54) is 22.1 Å². The van der Waals surface area contributed by atoms with Crippen molar-refractivity contribution >= 4 is 39.7 Å². The van der Waals surface area contributed by atoms with Gasteiger partial charge < -0.3 is 25.2 Å². The Balaban J connectivity index is 1.36. The van der Waals surface area contributed by atoms with Crippen LogP contribution in [0.5, 0.6) is 0 Å². The molecular formula is C33H37N5O4S. The molecule has 5 rings (SSSR count). The van der Waals surface area contributed by atoms with Crippen LogP contribution in [0.4, 0.5) is 16.5 Å². The first-order valence-electron chi connectivity index (χ1n) is 14.3. The van der Waals surface area contributed by atoms with Crippen LogP contribution in [-0.2, 0) is 12.5 Å². The van der Waals surface area contributed by atoms with Crippen molar-refractivity contribution in [1.29, 1.82) is 0 Å². The summed E-state index contributed by atoms with van der Waals surface area (Å²) in [5.41, 5.74) is 5.00. The summed E-state index contributed by atoms with van der Waals surface area (Å²) in [4.78, 5) is 45.6. The van der Waals surface area contributed by atoms with E-state index in [4.69, 9.17) is 0 Å². The van der Waals surface area contributed by atoms with Crippen molar-refractivity contribution in [3.8, 4) is 11.1 Å². The fourth-order valence-corrected chi connectivity index (χ4v) is 5.92. The van der Waals surface area contributed by atoms with Gasteiger partial charge >= 0.3 is 0 Å². The maximum Gasteiger partial charge on any atom is 0.274 e. The lowest BCUT2D eigenvalue weighted by molar-refractivity contribution is 0.0550. The number of hydrogen-bond acceptors (Lipinski definition) is 7. The minimum Gasteiger partial charge on any atom is -0.393 e. The molecule has 2 aromatic heterocycles. The lowest BCUT2D eigenvalue weighted by atomic mass is 9.86. The molecule has 0 radical (unpaired) electrons. The third-order valence-corrected chi connectivity index (χ3v) is 8.70. The molecule has 1 fully saturated rings. The zero-order valence-corrected chi connectivity index (χ0v) is 25.9. The number of aliphatic hydroxyl groups excluding tert-OH is 1. The van der Waals surface area contributed by atoms with E-state index >= 15 is 0 Å². The Labute approximate surface area is 255 Å². The molecule has 0 aliphatic carbocycles. The highest BCUT2D eigenvalue weighted by molar-refractivity contribution is 7.17. The third-order valence-electron chi connectivity index (χ3n) is 7.80. The zero-order valence-electron chi connectivity index (χ0n) is 25.1. The summed E-state index contributed by atoms with van der Waals surface area (Å²) in [5.74, 6) is -0.322. The van der Waals surface area contributed by atoms with Crippen molar-refractivity contribution < 1.29 is 14.7 Å². The Hall–Kier alpha value is -4.28. The van der Waals surface area contributed by atoms with Gasteiger partial charge in [-0.2, -0.15) is 0 Å². The van der Waals surface area contributed by atoms with Crippen molar-refractivity contribution in [2.45, 2.75) is 52.1 Å². The number of nitrogens with one attached hydrogen (secondary N) is 2. The van der Waals surface area contributed by atoms with Gasteiger partial charge in [0.2, 0.25) is 0 Å². The summed E-state index contributed by atoms with van der Waals surface area (Å²) in [6, 6.07) is 15.1.